The molecule has 1 atom stereocenters. The van der Waals surface area contributed by atoms with E-state index >= 15 is 0 Å². The summed E-state index contributed by atoms with van der Waals surface area (Å²) >= 11 is 1.36. The van der Waals surface area contributed by atoms with E-state index in [1.807, 2.05) is 0 Å². The Kier molecular flexibility index (Phi) is 9.74. The van der Waals surface area contributed by atoms with Crippen LogP contribution >= 0.6 is 11.8 Å². The van der Waals surface area contributed by atoms with Crippen molar-refractivity contribution in [2.75, 3.05) is 16.0 Å². The van der Waals surface area contributed by atoms with Crippen LogP contribution in [-0.4, -0.2) is 28.9 Å². The summed E-state index contributed by atoms with van der Waals surface area (Å²) in [5.41, 5.74) is 2.20. The van der Waals surface area contributed by atoms with E-state index in [-0.39, 0.29) is 17.5 Å². The average Bonchev–Trinajstić information content (AvgIpc) is 3.48. The van der Waals surface area contributed by atoms with Crippen LogP contribution in [0.3, 0.4) is 0 Å². The zero-order valence-corrected chi connectivity index (χ0v) is 23.2. The highest BCUT2D eigenvalue weighted by molar-refractivity contribution is 8.00. The zero-order valence-electron chi connectivity index (χ0n) is 22.3. The predicted octanol–water partition coefficient (Wildman–Crippen LogP) is 5.77. The van der Waals surface area contributed by atoms with E-state index in [2.05, 4.69) is 21.3 Å². The fraction of sp³-hybridized carbons (Fsp3) is 0.0968. The van der Waals surface area contributed by atoms with Crippen molar-refractivity contribution in [2.45, 2.75) is 24.0 Å². The molecule has 0 aliphatic heterocycles. The second-order valence-corrected chi connectivity index (χ2v) is 10.3. The first-order chi connectivity index (χ1) is 19.8. The molecule has 4 rings (SSSR count). The molecule has 1 heterocycles. The molecule has 0 radical (unpaired) electrons. The van der Waals surface area contributed by atoms with Crippen molar-refractivity contribution in [2.24, 2.45) is 0 Å². The second kappa shape index (κ2) is 13.8. The smallest absolute Gasteiger partial charge is 0.272 e. The van der Waals surface area contributed by atoms with E-state index in [4.69, 9.17) is 4.42 Å². The Hall–Kier alpha value is -5.09. The van der Waals surface area contributed by atoms with Gasteiger partial charge in [0.2, 0.25) is 11.8 Å². The van der Waals surface area contributed by atoms with Crippen molar-refractivity contribution in [3.63, 3.8) is 0 Å². The molecular formula is C31H28N4O5S. The Bertz CT molecular complexity index is 1530. The lowest BCUT2D eigenvalue weighted by Gasteiger charge is -2.14. The molecule has 0 fully saturated rings. The SMILES string of the molecule is CC(=O)Nc1ccc(NC(=O)C(C)Sc2ccc(NC(=O)/C(=C/c3ccco3)NC(=O)c3ccccc3)cc2)cc1. The quantitative estimate of drug-likeness (QED) is 0.142. The molecule has 9 nitrogen and oxygen atoms in total. The molecule has 1 unspecified atom stereocenters. The Morgan fingerprint density at radius 1 is 0.756 bits per heavy atom. The van der Waals surface area contributed by atoms with Crippen molar-refractivity contribution in [1.29, 1.82) is 0 Å². The maximum atomic E-state index is 13.1. The lowest BCUT2D eigenvalue weighted by atomic mass is 10.2. The Labute approximate surface area is 241 Å². The summed E-state index contributed by atoms with van der Waals surface area (Å²) in [4.78, 5) is 50.5. The minimum Gasteiger partial charge on any atom is -0.465 e. The third-order valence-electron chi connectivity index (χ3n) is 5.63. The minimum absolute atomic E-state index is 0.0163. The number of thioether (sulfide) groups is 1. The van der Waals surface area contributed by atoms with Crippen LogP contribution in [0.4, 0.5) is 17.1 Å². The van der Waals surface area contributed by atoms with Crippen molar-refractivity contribution in [1.82, 2.24) is 5.32 Å². The van der Waals surface area contributed by atoms with Gasteiger partial charge in [0, 0.05) is 40.5 Å². The van der Waals surface area contributed by atoms with E-state index in [1.54, 1.807) is 97.9 Å². The van der Waals surface area contributed by atoms with Gasteiger partial charge in [-0.25, -0.2) is 0 Å². The minimum atomic E-state index is -0.525. The molecule has 1 aromatic heterocycles. The lowest BCUT2D eigenvalue weighted by molar-refractivity contribution is -0.115. The second-order valence-electron chi connectivity index (χ2n) is 8.88. The zero-order chi connectivity index (χ0) is 29.2. The summed E-state index contributed by atoms with van der Waals surface area (Å²) in [7, 11) is 0. The summed E-state index contributed by atoms with van der Waals surface area (Å²) in [6.45, 7) is 3.22. The first kappa shape index (κ1) is 28.9. The third kappa shape index (κ3) is 8.70. The molecule has 0 aliphatic rings. The van der Waals surface area contributed by atoms with Crippen LogP contribution < -0.4 is 21.3 Å². The van der Waals surface area contributed by atoms with Crippen LogP contribution in [0.25, 0.3) is 6.08 Å². The number of carbonyl (C=O) groups is 4. The standard InChI is InChI=1S/C31H28N4O5S/c1-20(29(37)33-24-12-10-23(11-13-24)32-21(2)36)41-27-16-14-25(15-17-27)34-31(39)28(19-26-9-6-18-40-26)35-30(38)22-7-4-3-5-8-22/h3-20H,1-2H3,(H,32,36)(H,33,37)(H,34,39)(H,35,38)/b28-19-. The van der Waals surface area contributed by atoms with Crippen LogP contribution in [0.15, 0.2) is 112 Å². The van der Waals surface area contributed by atoms with Gasteiger partial charge in [-0.2, -0.15) is 0 Å². The number of benzene rings is 3. The van der Waals surface area contributed by atoms with Gasteiger partial charge < -0.3 is 25.7 Å². The van der Waals surface area contributed by atoms with Crippen molar-refractivity contribution in [3.8, 4) is 0 Å². The van der Waals surface area contributed by atoms with Gasteiger partial charge in [0.15, 0.2) is 0 Å². The first-order valence-corrected chi connectivity index (χ1v) is 13.5. The van der Waals surface area contributed by atoms with Gasteiger partial charge in [0.25, 0.3) is 11.8 Å². The highest BCUT2D eigenvalue weighted by Gasteiger charge is 2.17. The number of carbonyl (C=O) groups excluding carboxylic acids is 4. The van der Waals surface area contributed by atoms with Crippen molar-refractivity contribution >= 4 is 58.5 Å². The average molecular weight is 569 g/mol. The van der Waals surface area contributed by atoms with Gasteiger partial charge in [0.05, 0.1) is 11.5 Å². The van der Waals surface area contributed by atoms with Crippen LogP contribution in [0.5, 0.6) is 0 Å². The monoisotopic (exact) mass is 568 g/mol. The van der Waals surface area contributed by atoms with E-state index in [0.29, 0.717) is 28.4 Å². The molecule has 3 aromatic carbocycles. The molecule has 4 N–H and O–H groups in total. The molecule has 0 bridgehead atoms. The Morgan fingerprint density at radius 3 is 1.98 bits per heavy atom. The molecule has 0 aliphatic carbocycles. The molecule has 41 heavy (non-hydrogen) atoms. The van der Waals surface area contributed by atoms with Crippen LogP contribution in [-0.2, 0) is 14.4 Å². The molecule has 0 saturated heterocycles. The predicted molar refractivity (Wildman–Crippen MR) is 160 cm³/mol. The fourth-order valence-electron chi connectivity index (χ4n) is 3.62. The fourth-order valence-corrected chi connectivity index (χ4v) is 4.48. The van der Waals surface area contributed by atoms with Gasteiger partial charge in [-0.05, 0) is 79.7 Å². The molecule has 4 aromatic rings. The Balaban J connectivity index is 1.36. The number of nitrogens with one attached hydrogen (secondary N) is 4. The summed E-state index contributed by atoms with van der Waals surface area (Å²) < 4.78 is 5.32. The number of amides is 4. The largest absolute Gasteiger partial charge is 0.465 e. The molecular weight excluding hydrogens is 540 g/mol. The number of anilines is 3. The molecule has 0 spiro atoms. The van der Waals surface area contributed by atoms with Crippen molar-refractivity contribution in [3.05, 3.63) is 114 Å². The number of rotatable bonds is 10. The number of hydrogen-bond acceptors (Lipinski definition) is 6. The van der Waals surface area contributed by atoms with Crippen molar-refractivity contribution < 1.29 is 23.6 Å². The van der Waals surface area contributed by atoms with Gasteiger partial charge in [0.1, 0.15) is 11.5 Å². The van der Waals surface area contributed by atoms with E-state index in [0.717, 1.165) is 4.90 Å². The summed E-state index contributed by atoms with van der Waals surface area (Å²) in [5.74, 6) is -0.893. The van der Waals surface area contributed by atoms with Gasteiger partial charge in [-0.1, -0.05) is 18.2 Å². The topological polar surface area (TPSA) is 130 Å². The maximum Gasteiger partial charge on any atom is 0.272 e. The summed E-state index contributed by atoms with van der Waals surface area (Å²) in [5, 5.41) is 10.6. The normalized spacial score (nSPS) is 11.7. The van der Waals surface area contributed by atoms with Crippen LogP contribution in [0.2, 0.25) is 0 Å². The van der Waals surface area contributed by atoms with Crippen LogP contribution in [0, 0.1) is 0 Å². The van der Waals surface area contributed by atoms with E-state index in [9.17, 15) is 19.2 Å². The van der Waals surface area contributed by atoms with Gasteiger partial charge in [-0.15, -0.1) is 11.8 Å². The maximum absolute atomic E-state index is 13.1. The summed E-state index contributed by atoms with van der Waals surface area (Å²) in [6.07, 6.45) is 2.93. The Morgan fingerprint density at radius 2 is 1.37 bits per heavy atom. The highest BCUT2D eigenvalue weighted by atomic mass is 32.2. The lowest BCUT2D eigenvalue weighted by Crippen LogP contribution is -2.30. The molecule has 10 heteroatoms. The van der Waals surface area contributed by atoms with Crippen LogP contribution in [0.1, 0.15) is 30.0 Å². The van der Waals surface area contributed by atoms with E-state index < -0.39 is 17.1 Å². The number of hydrogen-bond donors (Lipinski definition) is 4. The third-order valence-corrected chi connectivity index (χ3v) is 6.74. The highest BCUT2D eigenvalue weighted by Crippen LogP contribution is 2.26. The first-order valence-electron chi connectivity index (χ1n) is 12.6. The van der Waals surface area contributed by atoms with Gasteiger partial charge >= 0.3 is 0 Å². The van der Waals surface area contributed by atoms with E-state index in [1.165, 1.54) is 31.0 Å². The molecule has 0 saturated carbocycles. The van der Waals surface area contributed by atoms with Gasteiger partial charge in [-0.3, -0.25) is 19.2 Å². The number of furan rings is 1. The molecule has 208 valence electrons. The molecule has 4 amide bonds. The summed E-state index contributed by atoms with van der Waals surface area (Å²) in [6, 6.07) is 25.8.